The van der Waals surface area contributed by atoms with Crippen LogP contribution in [0.5, 0.6) is 0 Å². The fraction of sp³-hybridized carbons (Fsp3) is 0.125. The summed E-state index contributed by atoms with van der Waals surface area (Å²) >= 11 is 1.33. The fourth-order valence-corrected chi connectivity index (χ4v) is 1.58. The molecule has 0 atom stereocenters. The SMILES string of the molecule is O=C(O)c1cscc1C=CCO. The van der Waals surface area contributed by atoms with Crippen LogP contribution in [-0.2, 0) is 0 Å². The molecule has 0 aromatic carbocycles. The van der Waals surface area contributed by atoms with E-state index in [0.717, 1.165) is 0 Å². The summed E-state index contributed by atoms with van der Waals surface area (Å²) < 4.78 is 0. The van der Waals surface area contributed by atoms with Crippen molar-refractivity contribution in [1.82, 2.24) is 0 Å². The van der Waals surface area contributed by atoms with E-state index in [4.69, 9.17) is 10.2 Å². The molecule has 64 valence electrons. The van der Waals surface area contributed by atoms with E-state index in [0.29, 0.717) is 5.56 Å². The molecule has 0 aliphatic rings. The highest BCUT2D eigenvalue weighted by Crippen LogP contribution is 2.16. The molecule has 12 heavy (non-hydrogen) atoms. The van der Waals surface area contributed by atoms with Crippen LogP contribution < -0.4 is 0 Å². The number of aliphatic hydroxyl groups excluding tert-OH is 1. The Morgan fingerprint density at radius 3 is 2.92 bits per heavy atom. The molecule has 0 spiro atoms. The number of hydrogen-bond acceptors (Lipinski definition) is 3. The van der Waals surface area contributed by atoms with Gasteiger partial charge in [0, 0.05) is 5.38 Å². The van der Waals surface area contributed by atoms with Crippen LogP contribution in [-0.4, -0.2) is 22.8 Å². The van der Waals surface area contributed by atoms with Crippen LogP contribution in [0.1, 0.15) is 15.9 Å². The molecule has 1 heterocycles. The zero-order valence-electron chi connectivity index (χ0n) is 6.23. The summed E-state index contributed by atoms with van der Waals surface area (Å²) in [5.41, 5.74) is 0.922. The lowest BCUT2D eigenvalue weighted by molar-refractivity contribution is 0.0697. The monoisotopic (exact) mass is 184 g/mol. The number of carboxylic acid groups (broad SMARTS) is 1. The molecule has 3 nitrogen and oxygen atoms in total. The maximum atomic E-state index is 10.6. The quantitative estimate of drug-likeness (QED) is 0.747. The molecule has 2 N–H and O–H groups in total. The van der Waals surface area contributed by atoms with E-state index < -0.39 is 5.97 Å². The molecule has 0 saturated carbocycles. The van der Waals surface area contributed by atoms with E-state index >= 15 is 0 Å². The first-order chi connectivity index (χ1) is 5.75. The Bertz CT molecular complexity index is 301. The van der Waals surface area contributed by atoms with Gasteiger partial charge >= 0.3 is 5.97 Å². The predicted octanol–water partition coefficient (Wildman–Crippen LogP) is 1.45. The average Bonchev–Trinajstić information content (AvgIpc) is 2.48. The Morgan fingerprint density at radius 2 is 2.33 bits per heavy atom. The van der Waals surface area contributed by atoms with Crippen molar-refractivity contribution >= 4 is 23.4 Å². The summed E-state index contributed by atoms with van der Waals surface area (Å²) in [6, 6.07) is 0. The van der Waals surface area contributed by atoms with Crippen LogP contribution in [0.3, 0.4) is 0 Å². The van der Waals surface area contributed by atoms with Gasteiger partial charge in [0.1, 0.15) is 0 Å². The minimum absolute atomic E-state index is 0.0745. The van der Waals surface area contributed by atoms with Crippen molar-refractivity contribution in [2.24, 2.45) is 0 Å². The third-order valence-electron chi connectivity index (χ3n) is 1.33. The highest BCUT2D eigenvalue weighted by Gasteiger charge is 2.07. The van der Waals surface area contributed by atoms with Gasteiger partial charge in [0.25, 0.3) is 0 Å². The number of carbonyl (C=O) groups is 1. The lowest BCUT2D eigenvalue weighted by Crippen LogP contribution is -1.95. The van der Waals surface area contributed by atoms with Crippen LogP contribution in [0.4, 0.5) is 0 Å². The molecule has 0 aliphatic heterocycles. The van der Waals surface area contributed by atoms with Crippen LogP contribution >= 0.6 is 11.3 Å². The maximum Gasteiger partial charge on any atom is 0.337 e. The highest BCUT2D eigenvalue weighted by molar-refractivity contribution is 7.08. The molecule has 1 aromatic heterocycles. The number of aliphatic hydroxyl groups is 1. The molecule has 4 heteroatoms. The minimum atomic E-state index is -0.936. The molecule has 0 aliphatic carbocycles. The molecule has 0 amide bonds. The third-order valence-corrected chi connectivity index (χ3v) is 2.09. The van der Waals surface area contributed by atoms with Crippen molar-refractivity contribution in [2.75, 3.05) is 6.61 Å². The lowest BCUT2D eigenvalue weighted by atomic mass is 10.2. The molecule has 0 fully saturated rings. The largest absolute Gasteiger partial charge is 0.478 e. The van der Waals surface area contributed by atoms with Crippen LogP contribution in [0, 0.1) is 0 Å². The van der Waals surface area contributed by atoms with Crippen molar-refractivity contribution in [1.29, 1.82) is 0 Å². The number of thiophene rings is 1. The molecule has 1 rings (SSSR count). The summed E-state index contributed by atoms with van der Waals surface area (Å²) in [6.07, 6.45) is 3.11. The van der Waals surface area contributed by atoms with Crippen molar-refractivity contribution in [3.63, 3.8) is 0 Å². The van der Waals surface area contributed by atoms with Crippen LogP contribution in [0.25, 0.3) is 6.08 Å². The second kappa shape index (κ2) is 4.04. The topological polar surface area (TPSA) is 57.5 Å². The minimum Gasteiger partial charge on any atom is -0.478 e. The smallest absolute Gasteiger partial charge is 0.337 e. The van der Waals surface area contributed by atoms with Gasteiger partial charge in [0.2, 0.25) is 0 Å². The fourth-order valence-electron chi connectivity index (χ4n) is 0.790. The Labute approximate surface area is 73.6 Å². The Morgan fingerprint density at radius 1 is 1.58 bits per heavy atom. The van der Waals surface area contributed by atoms with E-state index in [1.54, 1.807) is 16.8 Å². The molecule has 0 bridgehead atoms. The van der Waals surface area contributed by atoms with Crippen molar-refractivity contribution in [2.45, 2.75) is 0 Å². The molecule has 1 aromatic rings. The van der Waals surface area contributed by atoms with Gasteiger partial charge in [-0.1, -0.05) is 12.2 Å². The van der Waals surface area contributed by atoms with E-state index in [2.05, 4.69) is 0 Å². The first-order valence-electron chi connectivity index (χ1n) is 3.32. The van der Waals surface area contributed by atoms with E-state index in [1.807, 2.05) is 0 Å². The van der Waals surface area contributed by atoms with Gasteiger partial charge in [0.15, 0.2) is 0 Å². The summed E-state index contributed by atoms with van der Waals surface area (Å²) in [5, 5.41) is 20.4. The average molecular weight is 184 g/mol. The number of aromatic carboxylic acids is 1. The Hall–Kier alpha value is -1.13. The van der Waals surface area contributed by atoms with Crippen molar-refractivity contribution < 1.29 is 15.0 Å². The van der Waals surface area contributed by atoms with Crippen molar-refractivity contribution in [3.05, 3.63) is 28.0 Å². The van der Waals surface area contributed by atoms with E-state index in [-0.39, 0.29) is 12.2 Å². The second-order valence-electron chi connectivity index (χ2n) is 2.13. The van der Waals surface area contributed by atoms with Crippen LogP contribution in [0.2, 0.25) is 0 Å². The van der Waals surface area contributed by atoms with E-state index in [9.17, 15) is 4.79 Å². The predicted molar refractivity (Wildman–Crippen MR) is 47.4 cm³/mol. The van der Waals surface area contributed by atoms with Gasteiger partial charge in [-0.15, -0.1) is 0 Å². The molecule has 0 unspecified atom stereocenters. The first-order valence-corrected chi connectivity index (χ1v) is 4.27. The normalized spacial score (nSPS) is 10.8. The van der Waals surface area contributed by atoms with Gasteiger partial charge in [-0.2, -0.15) is 11.3 Å². The molecular weight excluding hydrogens is 176 g/mol. The zero-order chi connectivity index (χ0) is 8.97. The molecule has 0 saturated heterocycles. The van der Waals surface area contributed by atoms with E-state index in [1.165, 1.54) is 17.4 Å². The highest BCUT2D eigenvalue weighted by atomic mass is 32.1. The number of rotatable bonds is 3. The van der Waals surface area contributed by atoms with Gasteiger partial charge in [0.05, 0.1) is 12.2 Å². The van der Waals surface area contributed by atoms with Crippen molar-refractivity contribution in [3.8, 4) is 0 Å². The maximum absolute atomic E-state index is 10.6. The Kier molecular flexibility index (Phi) is 3.01. The summed E-state index contributed by atoms with van der Waals surface area (Å²) in [5.74, 6) is -0.936. The van der Waals surface area contributed by atoms with Gasteiger partial charge < -0.3 is 10.2 Å². The summed E-state index contributed by atoms with van der Waals surface area (Å²) in [6.45, 7) is -0.0745. The lowest BCUT2D eigenvalue weighted by Gasteiger charge is -1.90. The zero-order valence-corrected chi connectivity index (χ0v) is 7.04. The number of hydrogen-bond donors (Lipinski definition) is 2. The van der Waals surface area contributed by atoms with Gasteiger partial charge in [-0.3, -0.25) is 0 Å². The summed E-state index contributed by atoms with van der Waals surface area (Å²) in [4.78, 5) is 10.6. The Balaban J connectivity index is 2.91. The third kappa shape index (κ3) is 1.93. The molecular formula is C8H8O3S. The second-order valence-corrected chi connectivity index (χ2v) is 2.87. The first kappa shape index (κ1) is 8.96. The summed E-state index contributed by atoms with van der Waals surface area (Å²) in [7, 11) is 0. The number of carboxylic acids is 1. The van der Waals surface area contributed by atoms with Gasteiger partial charge in [-0.05, 0) is 10.9 Å². The molecule has 0 radical (unpaired) electrons. The standard InChI is InChI=1S/C8H8O3S/c9-3-1-2-6-4-12-5-7(6)8(10)11/h1-2,4-5,9H,3H2,(H,10,11). The van der Waals surface area contributed by atoms with Crippen LogP contribution in [0.15, 0.2) is 16.8 Å². The van der Waals surface area contributed by atoms with Gasteiger partial charge in [-0.25, -0.2) is 4.79 Å².